The third-order valence-electron chi connectivity index (χ3n) is 1.28. The summed E-state index contributed by atoms with van der Waals surface area (Å²) < 4.78 is 4.86. The highest BCUT2D eigenvalue weighted by molar-refractivity contribution is 5.69. The van der Waals surface area contributed by atoms with Gasteiger partial charge in [-0.05, 0) is 12.8 Å². The predicted molar refractivity (Wildman–Crippen MR) is 48.5 cm³/mol. The molecule has 0 rings (SSSR count). The van der Waals surface area contributed by atoms with Gasteiger partial charge in [0, 0.05) is 12.8 Å². The Kier molecular flexibility index (Phi) is 7.07. The van der Waals surface area contributed by atoms with Crippen molar-refractivity contribution < 1.29 is 9.53 Å². The summed E-state index contributed by atoms with van der Waals surface area (Å²) in [6, 6.07) is 0. The summed E-state index contributed by atoms with van der Waals surface area (Å²) in [4.78, 5) is 10.8. The van der Waals surface area contributed by atoms with Crippen LogP contribution in [0.1, 0.15) is 25.7 Å². The van der Waals surface area contributed by atoms with Crippen LogP contribution in [0.4, 0.5) is 0 Å². The molecule has 0 aliphatic heterocycles. The second-order valence-corrected chi connectivity index (χ2v) is 2.36. The largest absolute Gasteiger partial charge is 0.466 e. The van der Waals surface area contributed by atoms with Crippen LogP contribution in [0, 0.1) is 12.3 Å². The fraction of sp³-hybridized carbons (Fsp3) is 0.500. The van der Waals surface area contributed by atoms with Crippen molar-refractivity contribution in [1.82, 2.24) is 0 Å². The number of ether oxygens (including phenoxy) is 1. The Labute approximate surface area is 73.6 Å². The number of unbranched alkanes of at least 4 members (excludes halogenated alkanes) is 1. The second-order valence-electron chi connectivity index (χ2n) is 2.36. The molecule has 0 fully saturated rings. The van der Waals surface area contributed by atoms with Crippen LogP contribution >= 0.6 is 0 Å². The van der Waals surface area contributed by atoms with Crippen LogP contribution in [-0.2, 0) is 9.53 Å². The molecule has 0 aromatic heterocycles. The summed E-state index contributed by atoms with van der Waals surface area (Å²) in [5.41, 5.74) is 0. The molecule has 0 saturated carbocycles. The molecule has 0 heterocycles. The summed E-state index contributed by atoms with van der Waals surface area (Å²) in [6.45, 7) is 3.94. The van der Waals surface area contributed by atoms with Gasteiger partial charge >= 0.3 is 5.97 Å². The van der Waals surface area contributed by atoms with Gasteiger partial charge in [-0.1, -0.05) is 6.08 Å². The molecule has 2 heteroatoms. The highest BCUT2D eigenvalue weighted by Crippen LogP contribution is 1.95. The van der Waals surface area contributed by atoms with E-state index in [0.717, 1.165) is 6.42 Å². The normalized spacial score (nSPS) is 8.58. The minimum absolute atomic E-state index is 0.174. The van der Waals surface area contributed by atoms with Gasteiger partial charge < -0.3 is 4.74 Å². The monoisotopic (exact) mass is 166 g/mol. The molecule has 66 valence electrons. The number of carbonyl (C=O) groups is 1. The first-order valence-corrected chi connectivity index (χ1v) is 4.01. The maximum Gasteiger partial charge on any atom is 0.306 e. The van der Waals surface area contributed by atoms with Crippen molar-refractivity contribution in [2.24, 2.45) is 0 Å². The average molecular weight is 166 g/mol. The molecule has 0 amide bonds. The van der Waals surface area contributed by atoms with Crippen LogP contribution in [-0.4, -0.2) is 12.6 Å². The molecule has 2 nitrogen and oxygen atoms in total. The molecular formula is C10H14O2. The third-order valence-corrected chi connectivity index (χ3v) is 1.28. The van der Waals surface area contributed by atoms with Crippen molar-refractivity contribution in [3.8, 4) is 12.3 Å². The van der Waals surface area contributed by atoms with Gasteiger partial charge in [0.2, 0.25) is 0 Å². The van der Waals surface area contributed by atoms with E-state index in [1.165, 1.54) is 0 Å². The first-order chi connectivity index (χ1) is 5.81. The highest BCUT2D eigenvalue weighted by atomic mass is 16.5. The maximum absolute atomic E-state index is 10.8. The zero-order valence-electron chi connectivity index (χ0n) is 7.21. The fourth-order valence-corrected chi connectivity index (χ4v) is 0.652. The Morgan fingerprint density at radius 3 is 3.00 bits per heavy atom. The first-order valence-electron chi connectivity index (χ1n) is 4.01. The van der Waals surface area contributed by atoms with Crippen molar-refractivity contribution in [3.05, 3.63) is 12.7 Å². The molecule has 0 aliphatic carbocycles. The molecule has 0 aliphatic rings. The summed E-state index contributed by atoms with van der Waals surface area (Å²) in [6.07, 6.45) is 9.22. The van der Waals surface area contributed by atoms with Gasteiger partial charge in [-0.25, -0.2) is 0 Å². The van der Waals surface area contributed by atoms with Crippen LogP contribution in [0.3, 0.4) is 0 Å². The van der Waals surface area contributed by atoms with Crippen molar-refractivity contribution in [2.75, 3.05) is 6.61 Å². The predicted octanol–water partition coefficient (Wildman–Crippen LogP) is 1.91. The number of esters is 1. The topological polar surface area (TPSA) is 26.3 Å². The Morgan fingerprint density at radius 1 is 1.67 bits per heavy atom. The van der Waals surface area contributed by atoms with Crippen LogP contribution in [0.15, 0.2) is 12.7 Å². The number of rotatable bonds is 6. The second kappa shape index (κ2) is 7.87. The van der Waals surface area contributed by atoms with E-state index in [-0.39, 0.29) is 5.97 Å². The first kappa shape index (κ1) is 10.8. The van der Waals surface area contributed by atoms with E-state index in [1.807, 2.05) is 0 Å². The Hall–Kier alpha value is -1.23. The van der Waals surface area contributed by atoms with Crippen molar-refractivity contribution in [2.45, 2.75) is 25.7 Å². The fourth-order valence-electron chi connectivity index (χ4n) is 0.652. The molecular weight excluding hydrogens is 152 g/mol. The molecule has 0 spiro atoms. The van der Waals surface area contributed by atoms with Crippen molar-refractivity contribution >= 4 is 5.97 Å². The van der Waals surface area contributed by atoms with Crippen molar-refractivity contribution in [3.63, 3.8) is 0 Å². The number of terminal acetylenes is 1. The zero-order valence-corrected chi connectivity index (χ0v) is 7.21. The zero-order chi connectivity index (χ0) is 9.23. The summed E-state index contributed by atoms with van der Waals surface area (Å²) in [5.74, 6) is 2.30. The van der Waals surface area contributed by atoms with Gasteiger partial charge in [-0.2, -0.15) is 0 Å². The number of hydrogen-bond acceptors (Lipinski definition) is 2. The molecule has 0 unspecified atom stereocenters. The minimum Gasteiger partial charge on any atom is -0.466 e. The standard InChI is InChI=1S/C10H14O2/c1-3-5-7-9-12-10(11)8-6-4-2/h1,4H,2,5-9H2. The Bertz CT molecular complexity index is 177. The number of carbonyl (C=O) groups excluding carboxylic acids is 1. The minimum atomic E-state index is -0.174. The van der Waals surface area contributed by atoms with Crippen molar-refractivity contribution in [1.29, 1.82) is 0 Å². The smallest absolute Gasteiger partial charge is 0.306 e. The van der Waals surface area contributed by atoms with Crippen LogP contribution in [0.5, 0.6) is 0 Å². The quantitative estimate of drug-likeness (QED) is 0.261. The molecule has 0 aromatic rings. The third kappa shape index (κ3) is 6.88. The summed E-state index contributed by atoms with van der Waals surface area (Å²) in [5, 5.41) is 0. The lowest BCUT2D eigenvalue weighted by Crippen LogP contribution is -2.04. The lowest BCUT2D eigenvalue weighted by atomic mass is 10.3. The van der Waals surface area contributed by atoms with Crippen LogP contribution in [0.2, 0.25) is 0 Å². The molecule has 0 radical (unpaired) electrons. The maximum atomic E-state index is 10.8. The molecule has 0 saturated heterocycles. The Morgan fingerprint density at radius 2 is 2.42 bits per heavy atom. The van der Waals surface area contributed by atoms with Crippen LogP contribution < -0.4 is 0 Å². The molecule has 12 heavy (non-hydrogen) atoms. The molecule has 0 N–H and O–H groups in total. The van der Waals surface area contributed by atoms with E-state index in [2.05, 4.69) is 12.5 Å². The van der Waals surface area contributed by atoms with Gasteiger partial charge in [-0.15, -0.1) is 18.9 Å². The molecule has 0 aromatic carbocycles. The van der Waals surface area contributed by atoms with Gasteiger partial charge in [0.05, 0.1) is 6.61 Å². The lowest BCUT2D eigenvalue weighted by molar-refractivity contribution is -0.143. The number of allylic oxidation sites excluding steroid dienone is 1. The molecule has 0 atom stereocenters. The number of hydrogen-bond donors (Lipinski definition) is 0. The van der Waals surface area contributed by atoms with E-state index < -0.39 is 0 Å². The highest BCUT2D eigenvalue weighted by Gasteiger charge is 1.98. The van der Waals surface area contributed by atoms with E-state index in [4.69, 9.17) is 11.2 Å². The van der Waals surface area contributed by atoms with Gasteiger partial charge in [-0.3, -0.25) is 4.79 Å². The summed E-state index contributed by atoms with van der Waals surface area (Å²) >= 11 is 0. The van der Waals surface area contributed by atoms with Gasteiger partial charge in [0.1, 0.15) is 0 Å². The van der Waals surface area contributed by atoms with E-state index in [0.29, 0.717) is 25.9 Å². The average Bonchev–Trinajstić information content (AvgIpc) is 2.09. The summed E-state index contributed by atoms with van der Waals surface area (Å²) in [7, 11) is 0. The SMILES string of the molecule is C#CCCCOC(=O)CCC=C. The van der Waals surface area contributed by atoms with Crippen LogP contribution in [0.25, 0.3) is 0 Å². The lowest BCUT2D eigenvalue weighted by Gasteiger charge is -2.00. The van der Waals surface area contributed by atoms with Gasteiger partial charge in [0.15, 0.2) is 0 Å². The van der Waals surface area contributed by atoms with E-state index in [9.17, 15) is 4.79 Å². The van der Waals surface area contributed by atoms with Gasteiger partial charge in [0.25, 0.3) is 0 Å². The van der Waals surface area contributed by atoms with E-state index in [1.54, 1.807) is 6.08 Å². The molecule has 0 bridgehead atoms. The van der Waals surface area contributed by atoms with E-state index >= 15 is 0 Å². The Balaban J connectivity index is 3.20.